The van der Waals surface area contributed by atoms with Gasteiger partial charge in [0.05, 0.1) is 26.4 Å². The fraction of sp³-hybridized carbons (Fsp3) is 0.984. The van der Waals surface area contributed by atoms with Crippen LogP contribution in [-0.4, -0.2) is 74.6 Å². The van der Waals surface area contributed by atoms with E-state index in [1.165, 1.54) is 219 Å². The Bertz CT molecular complexity index is 1030. The number of nitrogens with zero attached hydrogens (tertiary/aromatic N) is 1. The van der Waals surface area contributed by atoms with Crippen LogP contribution in [0.25, 0.3) is 0 Å². The molecule has 3 rings (SSSR count). The summed E-state index contributed by atoms with van der Waals surface area (Å²) < 4.78 is 33.0. The fourth-order valence-electron chi connectivity index (χ4n) is 11.7. The van der Waals surface area contributed by atoms with E-state index in [0.717, 1.165) is 115 Å². The Labute approximate surface area is 423 Å². The van der Waals surface area contributed by atoms with Gasteiger partial charge in [0.25, 0.3) is 0 Å². The van der Waals surface area contributed by atoms with Crippen LogP contribution >= 0.6 is 0 Å². The molecule has 0 aromatic heterocycles. The summed E-state index contributed by atoms with van der Waals surface area (Å²) >= 11 is 0. The van der Waals surface area contributed by atoms with Crippen molar-refractivity contribution in [3.05, 3.63) is 0 Å². The van der Waals surface area contributed by atoms with Crippen molar-refractivity contribution in [3.63, 3.8) is 0 Å². The summed E-state index contributed by atoms with van der Waals surface area (Å²) in [6, 6.07) is 0. The first-order valence-electron chi connectivity index (χ1n) is 30.9. The minimum atomic E-state index is -0.341. The quantitative estimate of drug-likeness (QED) is 0.0342. The third-order valence-corrected chi connectivity index (χ3v) is 16.3. The van der Waals surface area contributed by atoms with Crippen molar-refractivity contribution in [2.75, 3.05) is 46.1 Å². The van der Waals surface area contributed by atoms with Crippen molar-refractivity contribution in [2.24, 2.45) is 11.8 Å². The van der Waals surface area contributed by atoms with Crippen molar-refractivity contribution < 1.29 is 28.5 Å². The molecule has 7 nitrogen and oxygen atoms in total. The third kappa shape index (κ3) is 30.3. The van der Waals surface area contributed by atoms with Crippen LogP contribution in [0.2, 0.25) is 0 Å². The average Bonchev–Trinajstić information content (AvgIpc) is 3.87. The Morgan fingerprint density at radius 1 is 0.397 bits per heavy atom. The molecule has 1 saturated heterocycles. The summed E-state index contributed by atoms with van der Waals surface area (Å²) in [5.41, 5.74) is 0. The molecule has 3 fully saturated rings. The van der Waals surface area contributed by atoms with E-state index < -0.39 is 0 Å². The van der Waals surface area contributed by atoms with Crippen molar-refractivity contribution in [3.8, 4) is 0 Å². The number of carbonyl (C=O) groups excluding carboxylic acids is 1. The molecule has 0 spiro atoms. The standard InChI is InChI=1S/C61H117NO6/c1-5-9-21-36-56(37-22-10-6-2)43-54-66-60(45-27-19-28-46-60)64-52-33-17-13-15-25-40-58(68-59(63)42-35-51-62-49-31-32-50-62)41-26-16-14-18-34-53-65-61(47-29-20-30-48-61)67-55-44-57(38-23-11-7-3)39-24-12-8-4/h56-58H,5-55H2,1-4H3. The van der Waals surface area contributed by atoms with Crippen molar-refractivity contribution in [2.45, 2.75) is 328 Å². The minimum absolute atomic E-state index is 0.0215. The second-order valence-electron chi connectivity index (χ2n) is 22.5. The lowest BCUT2D eigenvalue weighted by Gasteiger charge is -2.37. The molecule has 3 aliphatic rings. The molecule has 7 heteroatoms. The molecule has 0 aromatic carbocycles. The normalized spacial score (nSPS) is 17.6. The Kier molecular flexibility index (Phi) is 37.8. The number of hydrogen-bond donors (Lipinski definition) is 0. The molecule has 0 atom stereocenters. The van der Waals surface area contributed by atoms with Crippen LogP contribution < -0.4 is 0 Å². The molecule has 0 bridgehead atoms. The highest BCUT2D eigenvalue weighted by molar-refractivity contribution is 5.69. The smallest absolute Gasteiger partial charge is 0.306 e. The largest absolute Gasteiger partial charge is 0.462 e. The highest BCUT2D eigenvalue weighted by Crippen LogP contribution is 2.36. The highest BCUT2D eigenvalue weighted by atomic mass is 16.7. The zero-order chi connectivity index (χ0) is 48.5. The van der Waals surface area contributed by atoms with Crippen molar-refractivity contribution >= 4 is 5.97 Å². The molecular formula is C61H117NO6. The van der Waals surface area contributed by atoms with Gasteiger partial charge in [-0.2, -0.15) is 0 Å². The fourth-order valence-corrected chi connectivity index (χ4v) is 11.7. The van der Waals surface area contributed by atoms with Gasteiger partial charge in [-0.1, -0.05) is 182 Å². The lowest BCUT2D eigenvalue weighted by Crippen LogP contribution is -2.39. The summed E-state index contributed by atoms with van der Waals surface area (Å²) in [6.45, 7) is 16.0. The second kappa shape index (κ2) is 41.7. The van der Waals surface area contributed by atoms with Gasteiger partial charge in [0.15, 0.2) is 11.6 Å². The number of ether oxygens (including phenoxy) is 5. The average molecular weight is 961 g/mol. The van der Waals surface area contributed by atoms with E-state index in [-0.39, 0.29) is 23.6 Å². The van der Waals surface area contributed by atoms with Gasteiger partial charge < -0.3 is 28.6 Å². The van der Waals surface area contributed by atoms with Gasteiger partial charge >= 0.3 is 5.97 Å². The molecule has 402 valence electrons. The molecule has 1 heterocycles. The maximum atomic E-state index is 13.1. The minimum Gasteiger partial charge on any atom is -0.462 e. The van der Waals surface area contributed by atoms with Crippen LogP contribution in [0, 0.1) is 11.8 Å². The Balaban J connectivity index is 1.34. The zero-order valence-electron chi connectivity index (χ0n) is 46.2. The van der Waals surface area contributed by atoms with Crippen LogP contribution in [0.15, 0.2) is 0 Å². The number of likely N-dealkylation sites (tertiary alicyclic amines) is 1. The van der Waals surface area contributed by atoms with Crippen molar-refractivity contribution in [1.82, 2.24) is 4.90 Å². The molecule has 0 N–H and O–H groups in total. The summed E-state index contributed by atoms with van der Waals surface area (Å²) in [5.74, 6) is 0.951. The van der Waals surface area contributed by atoms with E-state index >= 15 is 0 Å². The summed E-state index contributed by atoms with van der Waals surface area (Å²) in [7, 11) is 0. The molecule has 0 radical (unpaired) electrons. The first-order chi connectivity index (χ1) is 33.4. The molecule has 2 aliphatic carbocycles. The highest BCUT2D eigenvalue weighted by Gasteiger charge is 2.35. The maximum absolute atomic E-state index is 13.1. The Hall–Kier alpha value is -0.730. The van der Waals surface area contributed by atoms with Gasteiger partial charge in [0.1, 0.15) is 6.10 Å². The van der Waals surface area contributed by atoms with Crippen LogP contribution in [0.4, 0.5) is 0 Å². The molecule has 2 saturated carbocycles. The summed E-state index contributed by atoms with van der Waals surface area (Å²) in [5, 5.41) is 0. The topological polar surface area (TPSA) is 66.5 Å². The Morgan fingerprint density at radius 2 is 0.765 bits per heavy atom. The molecule has 0 aromatic rings. The second-order valence-corrected chi connectivity index (χ2v) is 22.5. The molecule has 1 aliphatic heterocycles. The first-order valence-corrected chi connectivity index (χ1v) is 30.9. The predicted octanol–water partition coefficient (Wildman–Crippen LogP) is 18.2. The molecule has 0 amide bonds. The number of esters is 1. The summed E-state index contributed by atoms with van der Waals surface area (Å²) in [4.78, 5) is 15.6. The van der Waals surface area contributed by atoms with Gasteiger partial charge in [-0.05, 0) is 128 Å². The van der Waals surface area contributed by atoms with Gasteiger partial charge in [-0.15, -0.1) is 0 Å². The van der Waals surface area contributed by atoms with Crippen LogP contribution in [0.5, 0.6) is 0 Å². The van der Waals surface area contributed by atoms with Crippen LogP contribution in [0.1, 0.15) is 310 Å². The van der Waals surface area contributed by atoms with Crippen LogP contribution in [-0.2, 0) is 28.5 Å². The van der Waals surface area contributed by atoms with E-state index in [1.807, 2.05) is 0 Å². The third-order valence-electron chi connectivity index (χ3n) is 16.3. The monoisotopic (exact) mass is 960 g/mol. The molecular weight excluding hydrogens is 843 g/mol. The van der Waals surface area contributed by atoms with Crippen LogP contribution in [0.3, 0.4) is 0 Å². The maximum Gasteiger partial charge on any atom is 0.306 e. The van der Waals surface area contributed by atoms with E-state index in [9.17, 15) is 4.79 Å². The number of carbonyl (C=O) groups is 1. The predicted molar refractivity (Wildman–Crippen MR) is 288 cm³/mol. The van der Waals surface area contributed by atoms with E-state index in [0.29, 0.717) is 6.42 Å². The van der Waals surface area contributed by atoms with Gasteiger partial charge in [-0.3, -0.25) is 4.79 Å². The van der Waals surface area contributed by atoms with E-state index in [2.05, 4.69) is 32.6 Å². The summed E-state index contributed by atoms with van der Waals surface area (Å²) in [6.07, 6.45) is 53.6. The van der Waals surface area contributed by atoms with Gasteiger partial charge in [-0.25, -0.2) is 0 Å². The molecule has 0 unspecified atom stereocenters. The van der Waals surface area contributed by atoms with E-state index in [1.54, 1.807) is 0 Å². The lowest BCUT2D eigenvalue weighted by atomic mass is 9.91. The Morgan fingerprint density at radius 3 is 1.18 bits per heavy atom. The van der Waals surface area contributed by atoms with Gasteiger partial charge in [0.2, 0.25) is 0 Å². The number of unbranched alkanes of at least 4 members (excludes halogenated alkanes) is 16. The zero-order valence-corrected chi connectivity index (χ0v) is 46.2. The number of hydrogen-bond acceptors (Lipinski definition) is 7. The lowest BCUT2D eigenvalue weighted by molar-refractivity contribution is -0.254. The first kappa shape index (κ1) is 61.6. The SMILES string of the molecule is CCCCCC(CCCCC)CCOC1(OCCCCCCCC(CCCCCCCOC2(OCCC(CCCCC)CCCCC)CCCCC2)OC(=O)CCCN2CCCC2)CCCCC1. The van der Waals surface area contributed by atoms with Crippen molar-refractivity contribution in [1.29, 1.82) is 0 Å². The van der Waals surface area contributed by atoms with E-state index in [4.69, 9.17) is 23.7 Å². The van der Waals surface area contributed by atoms with Gasteiger partial charge in [0, 0.05) is 32.1 Å². The number of rotatable bonds is 47. The molecule has 68 heavy (non-hydrogen) atoms.